The van der Waals surface area contributed by atoms with E-state index in [0.29, 0.717) is 0 Å². The van der Waals surface area contributed by atoms with E-state index in [0.717, 1.165) is 11.9 Å². The summed E-state index contributed by atoms with van der Waals surface area (Å²) in [6.45, 7) is 10.9. The SMILES string of the molecule is CC1=C(\C=C/C(C)=C\C=C\C(C)=C\C=O)C(C)(C)CCC1. The van der Waals surface area contributed by atoms with E-state index in [1.165, 1.54) is 36.0 Å². The van der Waals surface area contributed by atoms with Gasteiger partial charge in [0.05, 0.1) is 0 Å². The van der Waals surface area contributed by atoms with Crippen LogP contribution in [-0.4, -0.2) is 6.29 Å². The molecule has 0 heterocycles. The number of carbonyl (C=O) groups is 1. The van der Waals surface area contributed by atoms with E-state index in [-0.39, 0.29) is 5.41 Å². The quantitative estimate of drug-likeness (QED) is 0.358. The summed E-state index contributed by atoms with van der Waals surface area (Å²) < 4.78 is 0. The van der Waals surface area contributed by atoms with E-state index in [2.05, 4.69) is 45.9 Å². The Balaban J connectivity index is 2.80. The number of rotatable bonds is 5. The highest BCUT2D eigenvalue weighted by Crippen LogP contribution is 2.40. The highest BCUT2D eigenvalue weighted by atomic mass is 16.1. The zero-order valence-electron chi connectivity index (χ0n) is 14.1. The number of allylic oxidation sites excluding steroid dienone is 10. The molecule has 0 atom stereocenters. The smallest absolute Gasteiger partial charge is 0.143 e. The van der Waals surface area contributed by atoms with Crippen LogP contribution in [0.5, 0.6) is 0 Å². The lowest BCUT2D eigenvalue weighted by Gasteiger charge is -2.32. The van der Waals surface area contributed by atoms with Gasteiger partial charge in [-0.15, -0.1) is 0 Å². The minimum absolute atomic E-state index is 0.290. The van der Waals surface area contributed by atoms with Crippen molar-refractivity contribution in [3.05, 3.63) is 58.7 Å². The Labute approximate surface area is 129 Å². The van der Waals surface area contributed by atoms with Gasteiger partial charge in [-0.05, 0) is 62.7 Å². The predicted molar refractivity (Wildman–Crippen MR) is 92.2 cm³/mol. The Morgan fingerprint density at radius 2 is 1.76 bits per heavy atom. The fourth-order valence-electron chi connectivity index (χ4n) is 2.80. The Kier molecular flexibility index (Phi) is 6.61. The molecule has 0 aromatic carbocycles. The van der Waals surface area contributed by atoms with Crippen LogP contribution in [0.4, 0.5) is 0 Å². The predicted octanol–water partition coefficient (Wildman–Crippen LogP) is 5.72. The summed E-state index contributed by atoms with van der Waals surface area (Å²) in [6.07, 6.45) is 16.6. The van der Waals surface area contributed by atoms with Gasteiger partial charge in [-0.1, -0.05) is 55.4 Å². The average Bonchev–Trinajstić information content (AvgIpc) is 2.37. The van der Waals surface area contributed by atoms with E-state index >= 15 is 0 Å². The fourth-order valence-corrected chi connectivity index (χ4v) is 2.80. The van der Waals surface area contributed by atoms with Gasteiger partial charge in [0.15, 0.2) is 0 Å². The summed E-state index contributed by atoms with van der Waals surface area (Å²) in [7, 11) is 0. The van der Waals surface area contributed by atoms with Crippen molar-refractivity contribution >= 4 is 6.29 Å². The summed E-state index contributed by atoms with van der Waals surface area (Å²) in [5, 5.41) is 0. The molecule has 0 fully saturated rings. The molecule has 0 amide bonds. The Morgan fingerprint density at radius 3 is 2.38 bits per heavy atom. The molecule has 0 bridgehead atoms. The molecule has 1 rings (SSSR count). The standard InChI is InChI=1S/C20H28O/c1-16(8-6-9-17(2)13-15-21)11-12-19-18(3)10-7-14-20(19,4)5/h6,8-9,11-13,15H,7,10,14H2,1-5H3/b9-6+,12-11-,16-8-,17-13+. The lowest BCUT2D eigenvalue weighted by atomic mass is 9.72. The van der Waals surface area contributed by atoms with E-state index in [4.69, 9.17) is 0 Å². The zero-order valence-corrected chi connectivity index (χ0v) is 14.1. The van der Waals surface area contributed by atoms with Crippen molar-refractivity contribution in [2.24, 2.45) is 5.41 Å². The van der Waals surface area contributed by atoms with Crippen molar-refractivity contribution in [2.75, 3.05) is 0 Å². The van der Waals surface area contributed by atoms with E-state index < -0.39 is 0 Å². The van der Waals surface area contributed by atoms with Crippen LogP contribution in [0.15, 0.2) is 58.7 Å². The van der Waals surface area contributed by atoms with Crippen LogP contribution >= 0.6 is 0 Å². The largest absolute Gasteiger partial charge is 0.299 e. The molecule has 0 spiro atoms. The van der Waals surface area contributed by atoms with Crippen molar-refractivity contribution in [2.45, 2.75) is 53.9 Å². The molecule has 0 unspecified atom stereocenters. The van der Waals surface area contributed by atoms with Crippen LogP contribution in [0.25, 0.3) is 0 Å². The second kappa shape index (κ2) is 7.97. The van der Waals surface area contributed by atoms with E-state index in [9.17, 15) is 4.79 Å². The van der Waals surface area contributed by atoms with Crippen LogP contribution in [0.1, 0.15) is 53.9 Å². The van der Waals surface area contributed by atoms with Crippen LogP contribution < -0.4 is 0 Å². The minimum atomic E-state index is 0.290. The highest BCUT2D eigenvalue weighted by molar-refractivity contribution is 5.66. The first kappa shape index (κ1) is 17.4. The molecule has 0 saturated carbocycles. The van der Waals surface area contributed by atoms with Gasteiger partial charge in [-0.25, -0.2) is 0 Å². The number of hydrogen-bond donors (Lipinski definition) is 0. The molecular weight excluding hydrogens is 256 g/mol. The molecule has 0 aromatic heterocycles. The minimum Gasteiger partial charge on any atom is -0.299 e. The van der Waals surface area contributed by atoms with Crippen molar-refractivity contribution in [3.63, 3.8) is 0 Å². The molecular formula is C20H28O. The maximum atomic E-state index is 10.3. The molecule has 21 heavy (non-hydrogen) atoms. The average molecular weight is 284 g/mol. The lowest BCUT2D eigenvalue weighted by Crippen LogP contribution is -2.19. The molecule has 0 aliphatic heterocycles. The second-order valence-corrected chi connectivity index (χ2v) is 6.58. The van der Waals surface area contributed by atoms with Crippen molar-refractivity contribution in [1.29, 1.82) is 0 Å². The summed E-state index contributed by atoms with van der Waals surface area (Å²) >= 11 is 0. The summed E-state index contributed by atoms with van der Waals surface area (Å²) in [4.78, 5) is 10.3. The van der Waals surface area contributed by atoms with Gasteiger partial charge in [0.1, 0.15) is 6.29 Å². The summed E-state index contributed by atoms with van der Waals surface area (Å²) in [5.41, 5.74) is 5.48. The van der Waals surface area contributed by atoms with Crippen LogP contribution in [0.2, 0.25) is 0 Å². The molecule has 1 aliphatic carbocycles. The molecule has 1 heteroatoms. The molecule has 1 aliphatic rings. The van der Waals surface area contributed by atoms with Gasteiger partial charge >= 0.3 is 0 Å². The van der Waals surface area contributed by atoms with Gasteiger partial charge in [0.2, 0.25) is 0 Å². The first-order valence-electron chi connectivity index (χ1n) is 7.72. The van der Waals surface area contributed by atoms with Crippen molar-refractivity contribution in [1.82, 2.24) is 0 Å². The maximum Gasteiger partial charge on any atom is 0.143 e. The van der Waals surface area contributed by atoms with Gasteiger partial charge in [0, 0.05) is 0 Å². The zero-order chi connectivity index (χ0) is 15.9. The Hall–Kier alpha value is -1.63. The van der Waals surface area contributed by atoms with E-state index in [1.54, 1.807) is 6.08 Å². The number of carbonyl (C=O) groups excluding carboxylic acids is 1. The summed E-state index contributed by atoms with van der Waals surface area (Å²) in [6, 6.07) is 0. The molecule has 0 aromatic rings. The highest BCUT2D eigenvalue weighted by Gasteiger charge is 2.26. The molecule has 0 N–H and O–H groups in total. The topological polar surface area (TPSA) is 17.1 Å². The molecule has 1 nitrogen and oxygen atoms in total. The Morgan fingerprint density at radius 1 is 1.10 bits per heavy atom. The van der Waals surface area contributed by atoms with Crippen molar-refractivity contribution < 1.29 is 4.79 Å². The number of aldehydes is 1. The molecule has 114 valence electrons. The third-order valence-electron chi connectivity index (χ3n) is 4.10. The lowest BCUT2D eigenvalue weighted by molar-refractivity contribution is -0.104. The van der Waals surface area contributed by atoms with E-state index in [1.807, 2.05) is 19.1 Å². The number of hydrogen-bond acceptors (Lipinski definition) is 1. The Bertz CT molecular complexity index is 522. The second-order valence-electron chi connectivity index (χ2n) is 6.58. The van der Waals surface area contributed by atoms with Gasteiger partial charge in [0.25, 0.3) is 0 Å². The van der Waals surface area contributed by atoms with Gasteiger partial charge in [-0.2, -0.15) is 0 Å². The third-order valence-corrected chi connectivity index (χ3v) is 4.10. The van der Waals surface area contributed by atoms with Crippen molar-refractivity contribution in [3.8, 4) is 0 Å². The van der Waals surface area contributed by atoms with Gasteiger partial charge in [-0.3, -0.25) is 4.79 Å². The monoisotopic (exact) mass is 284 g/mol. The van der Waals surface area contributed by atoms with Gasteiger partial charge < -0.3 is 0 Å². The normalized spacial score (nSPS) is 20.6. The first-order valence-corrected chi connectivity index (χ1v) is 7.72. The first-order chi connectivity index (χ1) is 9.86. The maximum absolute atomic E-state index is 10.3. The van der Waals surface area contributed by atoms with Crippen LogP contribution in [0.3, 0.4) is 0 Å². The summed E-state index contributed by atoms with van der Waals surface area (Å²) in [5.74, 6) is 0. The van der Waals surface area contributed by atoms with Crippen LogP contribution in [-0.2, 0) is 4.79 Å². The third kappa shape index (κ3) is 5.71. The molecule has 0 saturated heterocycles. The van der Waals surface area contributed by atoms with Crippen LogP contribution in [0, 0.1) is 5.41 Å². The molecule has 0 radical (unpaired) electrons. The fraction of sp³-hybridized carbons (Fsp3) is 0.450.